The number of carbonyl (C=O) groups excluding carboxylic acids is 1. The predicted octanol–water partition coefficient (Wildman–Crippen LogP) is 4.26. The fraction of sp³-hybridized carbons (Fsp3) is 0.381. The molecule has 3 rings (SSSR count). The molecule has 1 amide bonds. The lowest BCUT2D eigenvalue weighted by atomic mass is 10.2. The molecule has 1 N–H and O–H groups in total. The van der Waals surface area contributed by atoms with E-state index in [2.05, 4.69) is 15.3 Å². The fourth-order valence-electron chi connectivity index (χ4n) is 2.58. The first-order chi connectivity index (χ1) is 14.0. The highest BCUT2D eigenvalue weighted by molar-refractivity contribution is 6.33. The molecule has 0 spiro atoms. The van der Waals surface area contributed by atoms with Crippen LogP contribution in [-0.4, -0.2) is 35.6 Å². The van der Waals surface area contributed by atoms with Crippen LogP contribution in [0.4, 0.5) is 0 Å². The molecule has 154 valence electrons. The largest absolute Gasteiger partial charge is 0.491 e. The number of benzene rings is 1. The number of amides is 1. The third kappa shape index (κ3) is 6.09. The second kappa shape index (κ2) is 9.60. The van der Waals surface area contributed by atoms with Crippen LogP contribution in [0.15, 0.2) is 30.6 Å². The summed E-state index contributed by atoms with van der Waals surface area (Å²) in [5.74, 6) is 2.26. The molecule has 1 saturated carbocycles. The molecule has 1 aromatic heterocycles. The molecule has 1 aliphatic rings. The topological polar surface area (TPSA) is 82.6 Å². The predicted molar refractivity (Wildman–Crippen MR) is 111 cm³/mol. The van der Waals surface area contributed by atoms with Crippen molar-refractivity contribution in [2.45, 2.75) is 32.7 Å². The van der Waals surface area contributed by atoms with Gasteiger partial charge in [-0.3, -0.25) is 4.79 Å². The minimum absolute atomic E-state index is 0.0896. The molecule has 7 nitrogen and oxygen atoms in total. The molecule has 1 aliphatic carbocycles. The number of nitrogens with zero attached hydrogens (tertiary/aromatic N) is 2. The van der Waals surface area contributed by atoms with Gasteiger partial charge in [-0.2, -0.15) is 0 Å². The Balaban J connectivity index is 1.66. The van der Waals surface area contributed by atoms with Gasteiger partial charge in [0.1, 0.15) is 5.02 Å². The van der Waals surface area contributed by atoms with E-state index in [1.54, 1.807) is 24.4 Å². The smallest absolute Gasteiger partial charge is 0.237 e. The summed E-state index contributed by atoms with van der Waals surface area (Å²) in [5, 5.41) is 3.08. The number of hydrogen-bond acceptors (Lipinski definition) is 6. The van der Waals surface area contributed by atoms with E-state index in [1.165, 1.54) is 33.1 Å². The van der Waals surface area contributed by atoms with E-state index in [4.69, 9.17) is 25.8 Å². The molecule has 1 aromatic carbocycles. The summed E-state index contributed by atoms with van der Waals surface area (Å²) >= 11 is 6.43. The Bertz CT molecular complexity index is 882. The van der Waals surface area contributed by atoms with Gasteiger partial charge in [-0.05, 0) is 43.9 Å². The van der Waals surface area contributed by atoms with Crippen molar-refractivity contribution in [2.75, 3.05) is 13.7 Å². The number of nitrogens with one attached hydrogen (secondary N) is 1. The van der Waals surface area contributed by atoms with Crippen molar-refractivity contribution in [3.8, 4) is 23.1 Å². The van der Waals surface area contributed by atoms with Crippen molar-refractivity contribution in [3.05, 3.63) is 41.3 Å². The number of halogens is 1. The van der Waals surface area contributed by atoms with Gasteiger partial charge < -0.3 is 19.5 Å². The monoisotopic (exact) mass is 417 g/mol. The number of methoxy groups -OCH3 is 1. The normalized spacial score (nSPS) is 14.5. The zero-order valence-corrected chi connectivity index (χ0v) is 17.4. The van der Waals surface area contributed by atoms with Crippen molar-refractivity contribution in [3.63, 3.8) is 0 Å². The van der Waals surface area contributed by atoms with Crippen molar-refractivity contribution in [1.82, 2.24) is 15.3 Å². The number of hydrogen-bond donors (Lipinski definition) is 1. The molecule has 29 heavy (non-hydrogen) atoms. The van der Waals surface area contributed by atoms with Crippen LogP contribution >= 0.6 is 11.6 Å². The van der Waals surface area contributed by atoms with Gasteiger partial charge in [0.05, 0.1) is 31.8 Å². The Morgan fingerprint density at radius 2 is 2.07 bits per heavy atom. The zero-order chi connectivity index (χ0) is 20.8. The van der Waals surface area contributed by atoms with Crippen molar-refractivity contribution >= 4 is 23.6 Å². The number of rotatable bonds is 9. The van der Waals surface area contributed by atoms with Crippen LogP contribution in [0.1, 0.15) is 32.4 Å². The maximum atomic E-state index is 11.0. The average molecular weight is 418 g/mol. The van der Waals surface area contributed by atoms with E-state index in [9.17, 15) is 4.79 Å². The van der Waals surface area contributed by atoms with Crippen molar-refractivity contribution in [1.29, 1.82) is 0 Å². The Morgan fingerprint density at radius 1 is 1.31 bits per heavy atom. The van der Waals surface area contributed by atoms with Gasteiger partial charge in [-0.25, -0.2) is 9.97 Å². The third-order valence-electron chi connectivity index (χ3n) is 4.25. The fourth-order valence-corrected chi connectivity index (χ4v) is 2.86. The first-order valence-electron chi connectivity index (χ1n) is 9.40. The maximum absolute atomic E-state index is 11.0. The molecule has 0 unspecified atom stereocenters. The standard InChI is InChI=1S/C21H24ClN3O4/c1-13(25-14(2)26)4-7-16-10-24-19(11-23-16)29-17-8-9-18(21(27-3)20(17)22)28-12-15-5-6-15/h4,7-11,13,15H,5-6,12H2,1-3H3,(H,25,26)/t13-/m0/s1. The minimum Gasteiger partial charge on any atom is -0.491 e. The molecule has 1 heterocycles. The van der Waals surface area contributed by atoms with E-state index >= 15 is 0 Å². The molecule has 2 aromatic rings. The summed E-state index contributed by atoms with van der Waals surface area (Å²) in [6, 6.07) is 3.39. The summed E-state index contributed by atoms with van der Waals surface area (Å²) in [4.78, 5) is 19.6. The Hall–Kier alpha value is -2.80. The molecule has 0 radical (unpaired) electrons. The van der Waals surface area contributed by atoms with Crippen LogP contribution in [0.25, 0.3) is 6.08 Å². The Labute approximate surface area is 175 Å². The quantitative estimate of drug-likeness (QED) is 0.656. The molecular formula is C21H24ClN3O4. The van der Waals surface area contributed by atoms with Gasteiger partial charge >= 0.3 is 0 Å². The summed E-state index contributed by atoms with van der Waals surface area (Å²) in [6.45, 7) is 4.01. The molecule has 1 atom stereocenters. The Kier molecular flexibility index (Phi) is 6.93. The van der Waals surface area contributed by atoms with E-state index in [-0.39, 0.29) is 11.9 Å². The van der Waals surface area contributed by atoms with Gasteiger partial charge in [0.2, 0.25) is 11.8 Å². The highest BCUT2D eigenvalue weighted by atomic mass is 35.5. The number of aromatic nitrogens is 2. The van der Waals surface area contributed by atoms with Gasteiger partial charge in [0.15, 0.2) is 17.2 Å². The highest BCUT2D eigenvalue weighted by Crippen LogP contribution is 2.43. The van der Waals surface area contributed by atoms with Crippen molar-refractivity contribution < 1.29 is 19.0 Å². The number of carbonyl (C=O) groups is 1. The molecule has 0 aliphatic heterocycles. The molecule has 0 saturated heterocycles. The second-order valence-corrected chi connectivity index (χ2v) is 7.27. The molecular weight excluding hydrogens is 394 g/mol. The van der Waals surface area contributed by atoms with Gasteiger partial charge in [0.25, 0.3) is 0 Å². The van der Waals surface area contributed by atoms with Gasteiger partial charge in [-0.1, -0.05) is 17.7 Å². The first-order valence-corrected chi connectivity index (χ1v) is 9.78. The van der Waals surface area contributed by atoms with Crippen LogP contribution in [0.3, 0.4) is 0 Å². The maximum Gasteiger partial charge on any atom is 0.237 e. The van der Waals surface area contributed by atoms with Gasteiger partial charge in [0, 0.05) is 13.0 Å². The van der Waals surface area contributed by atoms with Crippen LogP contribution in [0, 0.1) is 5.92 Å². The van der Waals surface area contributed by atoms with Crippen molar-refractivity contribution in [2.24, 2.45) is 5.92 Å². The summed E-state index contributed by atoms with van der Waals surface area (Å²) in [6.07, 6.45) is 9.08. The third-order valence-corrected chi connectivity index (χ3v) is 4.61. The molecule has 8 heteroatoms. The van der Waals surface area contributed by atoms with Gasteiger partial charge in [-0.15, -0.1) is 0 Å². The molecule has 0 bridgehead atoms. The summed E-state index contributed by atoms with van der Waals surface area (Å²) < 4.78 is 16.9. The summed E-state index contributed by atoms with van der Waals surface area (Å²) in [7, 11) is 1.54. The Morgan fingerprint density at radius 3 is 2.69 bits per heavy atom. The van der Waals surface area contributed by atoms with Crippen LogP contribution in [0.5, 0.6) is 23.1 Å². The van der Waals surface area contributed by atoms with Crippen LogP contribution in [0.2, 0.25) is 5.02 Å². The summed E-state index contributed by atoms with van der Waals surface area (Å²) in [5.41, 5.74) is 0.641. The first kappa shape index (κ1) is 20.9. The second-order valence-electron chi connectivity index (χ2n) is 6.89. The lowest BCUT2D eigenvalue weighted by Crippen LogP contribution is -2.28. The van der Waals surface area contributed by atoms with Crippen LogP contribution < -0.4 is 19.5 Å². The van der Waals surface area contributed by atoms with E-state index in [1.807, 2.05) is 13.0 Å². The SMILES string of the molecule is COc1c(OCC2CC2)ccc(Oc2cnc(C=C[C@H](C)NC(C)=O)cn2)c1Cl. The lowest BCUT2D eigenvalue weighted by molar-refractivity contribution is -0.119. The molecule has 1 fully saturated rings. The number of ether oxygens (including phenoxy) is 3. The highest BCUT2D eigenvalue weighted by Gasteiger charge is 2.23. The van der Waals surface area contributed by atoms with E-state index in [0.717, 1.165) is 0 Å². The van der Waals surface area contributed by atoms with Crippen LogP contribution in [-0.2, 0) is 4.79 Å². The minimum atomic E-state index is -0.0999. The van der Waals surface area contributed by atoms with E-state index in [0.29, 0.717) is 46.4 Å². The van der Waals surface area contributed by atoms with E-state index < -0.39 is 0 Å². The zero-order valence-electron chi connectivity index (χ0n) is 16.6. The lowest BCUT2D eigenvalue weighted by Gasteiger charge is -2.14. The average Bonchev–Trinajstić information content (AvgIpc) is 3.51.